The van der Waals surface area contributed by atoms with Crippen LogP contribution < -0.4 is 0 Å². The molecule has 19 heavy (non-hydrogen) atoms. The number of nitrogens with zero attached hydrogens (tertiary/aromatic N) is 4. The quantitative estimate of drug-likeness (QED) is 0.905. The molecule has 0 saturated carbocycles. The molecule has 2 rings (SSSR count). The van der Waals surface area contributed by atoms with Gasteiger partial charge in [0.05, 0.1) is 12.5 Å². The lowest BCUT2D eigenvalue weighted by atomic mass is 10.0. The molecule has 0 fully saturated rings. The Kier molecular flexibility index (Phi) is 3.84. The van der Waals surface area contributed by atoms with E-state index in [-0.39, 0.29) is 23.6 Å². The van der Waals surface area contributed by atoms with E-state index in [9.17, 15) is 4.79 Å². The number of tetrazole rings is 1. The zero-order valence-corrected chi connectivity index (χ0v) is 11.2. The Morgan fingerprint density at radius 3 is 2.79 bits per heavy atom. The molecule has 0 bridgehead atoms. The van der Waals surface area contributed by atoms with Gasteiger partial charge in [0.15, 0.2) is 11.0 Å². The van der Waals surface area contributed by atoms with E-state index in [4.69, 9.17) is 21.1 Å². The van der Waals surface area contributed by atoms with Crippen molar-refractivity contribution in [1.29, 1.82) is 0 Å². The number of carboxylic acid groups (broad SMARTS) is 1. The molecule has 2 aromatic rings. The van der Waals surface area contributed by atoms with E-state index in [2.05, 4.69) is 15.5 Å². The fraction of sp³-hybridized carbons (Fsp3) is 0.455. The summed E-state index contributed by atoms with van der Waals surface area (Å²) in [5, 5.41) is 20.5. The molecule has 1 unspecified atom stereocenters. The van der Waals surface area contributed by atoms with Crippen LogP contribution in [0, 0.1) is 5.92 Å². The van der Waals surface area contributed by atoms with Crippen molar-refractivity contribution in [3.8, 4) is 11.6 Å². The molecule has 0 aromatic carbocycles. The zero-order chi connectivity index (χ0) is 14.0. The minimum absolute atomic E-state index is 0.0591. The van der Waals surface area contributed by atoms with E-state index in [0.717, 1.165) is 0 Å². The molecule has 1 N–H and O–H groups in total. The third kappa shape index (κ3) is 2.93. The van der Waals surface area contributed by atoms with Crippen molar-refractivity contribution in [3.63, 3.8) is 0 Å². The number of furan rings is 1. The van der Waals surface area contributed by atoms with Gasteiger partial charge in [-0.05, 0) is 40.1 Å². The minimum atomic E-state index is -0.905. The van der Waals surface area contributed by atoms with Gasteiger partial charge >= 0.3 is 5.97 Å². The summed E-state index contributed by atoms with van der Waals surface area (Å²) in [7, 11) is 0. The van der Waals surface area contributed by atoms with Crippen LogP contribution in [0.5, 0.6) is 0 Å². The van der Waals surface area contributed by atoms with Gasteiger partial charge in [-0.3, -0.25) is 4.79 Å². The van der Waals surface area contributed by atoms with Gasteiger partial charge in [0.25, 0.3) is 0 Å². The van der Waals surface area contributed by atoms with E-state index < -0.39 is 5.97 Å². The Balaban J connectivity index is 2.39. The highest BCUT2D eigenvalue weighted by Gasteiger charge is 2.25. The lowest BCUT2D eigenvalue weighted by Gasteiger charge is -2.19. The number of hydrogen-bond acceptors (Lipinski definition) is 5. The van der Waals surface area contributed by atoms with Gasteiger partial charge in [0, 0.05) is 0 Å². The summed E-state index contributed by atoms with van der Waals surface area (Å²) in [5.41, 5.74) is 0. The topological polar surface area (TPSA) is 94.0 Å². The number of carbonyl (C=O) groups is 1. The van der Waals surface area contributed by atoms with Crippen molar-refractivity contribution in [1.82, 2.24) is 20.2 Å². The SMILES string of the molecule is CC(C)C(CC(=O)O)n1nnnc1-c1ccc(Cl)o1. The molecule has 0 aliphatic carbocycles. The Labute approximate surface area is 114 Å². The van der Waals surface area contributed by atoms with E-state index in [1.165, 1.54) is 4.68 Å². The van der Waals surface area contributed by atoms with E-state index in [1.54, 1.807) is 12.1 Å². The van der Waals surface area contributed by atoms with Crippen molar-refractivity contribution in [2.75, 3.05) is 0 Å². The molecule has 1 atom stereocenters. The van der Waals surface area contributed by atoms with Crippen LogP contribution >= 0.6 is 11.6 Å². The maximum Gasteiger partial charge on any atom is 0.305 e. The van der Waals surface area contributed by atoms with Crippen LogP contribution in [0.1, 0.15) is 26.3 Å². The third-order valence-electron chi connectivity index (χ3n) is 2.75. The van der Waals surface area contributed by atoms with Crippen molar-refractivity contribution in [3.05, 3.63) is 17.4 Å². The summed E-state index contributed by atoms with van der Waals surface area (Å²) in [5.74, 6) is -0.0701. The predicted octanol–water partition coefficient (Wildman–Crippen LogP) is 2.26. The molecular formula is C11H13ClN4O3. The molecule has 0 radical (unpaired) electrons. The first kappa shape index (κ1) is 13.5. The van der Waals surface area contributed by atoms with Crippen molar-refractivity contribution in [2.24, 2.45) is 5.92 Å². The van der Waals surface area contributed by atoms with Crippen LogP contribution in [-0.2, 0) is 4.79 Å². The van der Waals surface area contributed by atoms with Gasteiger partial charge in [0.2, 0.25) is 5.82 Å². The van der Waals surface area contributed by atoms with Gasteiger partial charge in [-0.1, -0.05) is 13.8 Å². The fourth-order valence-electron chi connectivity index (χ4n) is 1.80. The first-order chi connectivity index (χ1) is 8.99. The molecule has 0 aliphatic rings. The predicted molar refractivity (Wildman–Crippen MR) is 66.7 cm³/mol. The molecular weight excluding hydrogens is 272 g/mol. The minimum Gasteiger partial charge on any atom is -0.481 e. The zero-order valence-electron chi connectivity index (χ0n) is 10.4. The molecule has 102 valence electrons. The smallest absolute Gasteiger partial charge is 0.305 e. The van der Waals surface area contributed by atoms with Crippen LogP contribution in [-0.4, -0.2) is 31.3 Å². The van der Waals surface area contributed by atoms with E-state index in [0.29, 0.717) is 11.6 Å². The van der Waals surface area contributed by atoms with Crippen LogP contribution in [0.2, 0.25) is 5.22 Å². The van der Waals surface area contributed by atoms with Gasteiger partial charge in [-0.15, -0.1) is 5.10 Å². The Hall–Kier alpha value is -1.89. The monoisotopic (exact) mass is 284 g/mol. The maximum absolute atomic E-state index is 10.9. The average Bonchev–Trinajstić information content (AvgIpc) is 2.93. The summed E-state index contributed by atoms with van der Waals surface area (Å²) in [4.78, 5) is 10.9. The fourth-order valence-corrected chi connectivity index (χ4v) is 1.94. The number of aliphatic carboxylic acids is 1. The summed E-state index contributed by atoms with van der Waals surface area (Å²) in [6.07, 6.45) is -0.0653. The van der Waals surface area contributed by atoms with Crippen LogP contribution in [0.15, 0.2) is 16.5 Å². The van der Waals surface area contributed by atoms with Gasteiger partial charge in [-0.25, -0.2) is 4.68 Å². The standard InChI is InChI=1S/C11H13ClN4O3/c1-6(2)7(5-10(17)18)16-11(13-14-15-16)8-3-4-9(12)19-8/h3-4,6-7H,5H2,1-2H3,(H,17,18). The first-order valence-corrected chi connectivity index (χ1v) is 6.12. The van der Waals surface area contributed by atoms with E-state index >= 15 is 0 Å². The van der Waals surface area contributed by atoms with Gasteiger partial charge < -0.3 is 9.52 Å². The molecule has 0 aliphatic heterocycles. The summed E-state index contributed by atoms with van der Waals surface area (Å²) in [6, 6.07) is 2.87. The maximum atomic E-state index is 10.9. The molecule has 7 nitrogen and oxygen atoms in total. The lowest BCUT2D eigenvalue weighted by Crippen LogP contribution is -2.21. The molecule has 0 saturated heterocycles. The second-order valence-corrected chi connectivity index (χ2v) is 4.83. The van der Waals surface area contributed by atoms with Crippen LogP contribution in [0.25, 0.3) is 11.6 Å². The molecule has 2 aromatic heterocycles. The Bertz CT molecular complexity index is 578. The highest BCUT2D eigenvalue weighted by atomic mass is 35.5. The molecule has 2 heterocycles. The highest BCUT2D eigenvalue weighted by molar-refractivity contribution is 6.28. The first-order valence-electron chi connectivity index (χ1n) is 5.74. The van der Waals surface area contributed by atoms with Crippen molar-refractivity contribution < 1.29 is 14.3 Å². The van der Waals surface area contributed by atoms with Crippen LogP contribution in [0.4, 0.5) is 0 Å². The van der Waals surface area contributed by atoms with Gasteiger partial charge in [-0.2, -0.15) is 0 Å². The van der Waals surface area contributed by atoms with Crippen LogP contribution in [0.3, 0.4) is 0 Å². The lowest BCUT2D eigenvalue weighted by molar-refractivity contribution is -0.138. The third-order valence-corrected chi connectivity index (χ3v) is 2.96. The van der Waals surface area contributed by atoms with Crippen molar-refractivity contribution >= 4 is 17.6 Å². The second kappa shape index (κ2) is 5.40. The van der Waals surface area contributed by atoms with Crippen molar-refractivity contribution in [2.45, 2.75) is 26.3 Å². The van der Waals surface area contributed by atoms with Gasteiger partial charge in [0.1, 0.15) is 0 Å². The number of halogens is 1. The number of rotatable bonds is 5. The summed E-state index contributed by atoms with van der Waals surface area (Å²) < 4.78 is 6.72. The molecule has 0 amide bonds. The number of aromatic nitrogens is 4. The normalized spacial score (nSPS) is 12.8. The molecule has 8 heteroatoms. The number of hydrogen-bond donors (Lipinski definition) is 1. The summed E-state index contributed by atoms with van der Waals surface area (Å²) in [6.45, 7) is 3.82. The Morgan fingerprint density at radius 1 is 1.53 bits per heavy atom. The highest BCUT2D eigenvalue weighted by Crippen LogP contribution is 2.28. The molecule has 0 spiro atoms. The summed E-state index contributed by atoms with van der Waals surface area (Å²) >= 11 is 5.72. The number of carboxylic acids is 1. The average molecular weight is 285 g/mol. The van der Waals surface area contributed by atoms with E-state index in [1.807, 2.05) is 13.8 Å². The Morgan fingerprint density at radius 2 is 2.26 bits per heavy atom. The largest absolute Gasteiger partial charge is 0.481 e. The second-order valence-electron chi connectivity index (χ2n) is 4.46.